The highest BCUT2D eigenvalue weighted by atomic mass is 16.1. The van der Waals surface area contributed by atoms with Crippen LogP contribution in [0.5, 0.6) is 0 Å². The second-order valence-electron chi connectivity index (χ2n) is 2.95. The average molecular weight is 194 g/mol. The first-order valence-corrected chi connectivity index (χ1v) is 4.61. The number of nitrogen functional groups attached to an aromatic ring is 1. The molecule has 1 rings (SSSR count). The molecule has 76 valence electrons. The monoisotopic (exact) mass is 194 g/mol. The van der Waals surface area contributed by atoms with Crippen molar-refractivity contribution in [3.05, 3.63) is 17.8 Å². The number of nitrogens with two attached hydrogens (primary N) is 1. The topological polar surface area (TPSA) is 80.9 Å². The molecule has 14 heavy (non-hydrogen) atoms. The molecule has 3 N–H and O–H groups in total. The van der Waals surface area contributed by atoms with Crippen LogP contribution in [0.1, 0.15) is 30.3 Å². The molecule has 0 atom stereocenters. The number of nitrogens with zero attached hydrogens (tertiary/aromatic N) is 2. The number of carbonyl (C=O) groups excluding carboxylic acids is 1. The largest absolute Gasteiger partial charge is 0.382 e. The van der Waals surface area contributed by atoms with Crippen LogP contribution in [-0.4, -0.2) is 22.6 Å². The lowest BCUT2D eigenvalue weighted by atomic mass is 10.3. The van der Waals surface area contributed by atoms with Crippen LogP contribution in [0.2, 0.25) is 0 Å². The first-order chi connectivity index (χ1) is 6.74. The number of amides is 1. The fraction of sp³-hybridized carbons (Fsp3) is 0.444. The molecule has 5 nitrogen and oxygen atoms in total. The minimum absolute atomic E-state index is 0.203. The zero-order valence-electron chi connectivity index (χ0n) is 8.16. The molecule has 0 fully saturated rings. The number of aromatic nitrogens is 2. The minimum Gasteiger partial charge on any atom is -0.382 e. The van der Waals surface area contributed by atoms with E-state index in [2.05, 4.69) is 22.4 Å². The third kappa shape index (κ3) is 3.01. The lowest BCUT2D eigenvalue weighted by Gasteiger charge is -2.02. The molecule has 0 radical (unpaired) electrons. The molecule has 0 aromatic carbocycles. The van der Waals surface area contributed by atoms with Crippen LogP contribution in [-0.2, 0) is 0 Å². The van der Waals surface area contributed by atoms with E-state index in [-0.39, 0.29) is 5.91 Å². The Balaban J connectivity index is 2.48. The average Bonchev–Trinajstić information content (AvgIpc) is 2.19. The Morgan fingerprint density at radius 3 is 2.86 bits per heavy atom. The number of unbranched alkanes of at least 4 members (excludes halogenated alkanes) is 1. The van der Waals surface area contributed by atoms with Gasteiger partial charge in [0.1, 0.15) is 5.82 Å². The van der Waals surface area contributed by atoms with Gasteiger partial charge in [-0.25, -0.2) is 0 Å². The number of rotatable bonds is 4. The highest BCUT2D eigenvalue weighted by Crippen LogP contribution is 1.96. The quantitative estimate of drug-likeness (QED) is 0.687. The van der Waals surface area contributed by atoms with Crippen LogP contribution in [0.25, 0.3) is 0 Å². The summed E-state index contributed by atoms with van der Waals surface area (Å²) in [5, 5.41) is 10.0. The second-order valence-corrected chi connectivity index (χ2v) is 2.95. The lowest BCUT2D eigenvalue weighted by Crippen LogP contribution is -2.25. The van der Waals surface area contributed by atoms with Gasteiger partial charge < -0.3 is 11.1 Å². The summed E-state index contributed by atoms with van der Waals surface area (Å²) in [6, 6.07) is 3.12. The minimum atomic E-state index is -0.203. The first kappa shape index (κ1) is 10.4. The Labute approximate surface area is 82.7 Å². The molecule has 0 aliphatic carbocycles. The van der Waals surface area contributed by atoms with E-state index in [1.54, 1.807) is 12.1 Å². The van der Waals surface area contributed by atoms with E-state index in [0.29, 0.717) is 18.1 Å². The van der Waals surface area contributed by atoms with Gasteiger partial charge >= 0.3 is 0 Å². The van der Waals surface area contributed by atoms with Crippen molar-refractivity contribution in [3.8, 4) is 0 Å². The van der Waals surface area contributed by atoms with Gasteiger partial charge in [-0.15, -0.1) is 10.2 Å². The van der Waals surface area contributed by atoms with Crippen LogP contribution in [0.15, 0.2) is 12.1 Å². The predicted molar refractivity (Wildman–Crippen MR) is 53.7 cm³/mol. The van der Waals surface area contributed by atoms with Crippen LogP contribution in [0.3, 0.4) is 0 Å². The molecule has 0 spiro atoms. The number of nitrogens with one attached hydrogen (secondary N) is 1. The Morgan fingerprint density at radius 2 is 2.29 bits per heavy atom. The second kappa shape index (κ2) is 5.16. The van der Waals surface area contributed by atoms with Gasteiger partial charge in [0.05, 0.1) is 0 Å². The van der Waals surface area contributed by atoms with Crippen molar-refractivity contribution in [2.75, 3.05) is 12.3 Å². The van der Waals surface area contributed by atoms with Gasteiger partial charge in [-0.2, -0.15) is 0 Å². The van der Waals surface area contributed by atoms with Crippen LogP contribution in [0, 0.1) is 0 Å². The van der Waals surface area contributed by atoms with E-state index in [1.807, 2.05) is 0 Å². The summed E-state index contributed by atoms with van der Waals surface area (Å²) >= 11 is 0. The summed E-state index contributed by atoms with van der Waals surface area (Å²) in [6.07, 6.45) is 2.02. The SMILES string of the molecule is CCCCNC(=O)c1ccc(N)nn1. The Kier molecular flexibility index (Phi) is 3.84. The zero-order chi connectivity index (χ0) is 10.4. The van der Waals surface area contributed by atoms with Gasteiger partial charge in [0.15, 0.2) is 5.69 Å². The van der Waals surface area contributed by atoms with Gasteiger partial charge in [0.25, 0.3) is 5.91 Å². The van der Waals surface area contributed by atoms with Gasteiger partial charge in [0, 0.05) is 6.54 Å². The molecule has 0 aliphatic rings. The predicted octanol–water partition coefficient (Wildman–Crippen LogP) is 0.589. The van der Waals surface area contributed by atoms with Crippen molar-refractivity contribution < 1.29 is 4.79 Å². The fourth-order valence-electron chi connectivity index (χ4n) is 0.933. The molecular formula is C9H14N4O. The fourth-order valence-corrected chi connectivity index (χ4v) is 0.933. The molecule has 1 amide bonds. The molecule has 1 aromatic rings. The van der Waals surface area contributed by atoms with Gasteiger partial charge in [-0.3, -0.25) is 4.79 Å². The summed E-state index contributed by atoms with van der Waals surface area (Å²) in [7, 11) is 0. The van der Waals surface area contributed by atoms with Crippen molar-refractivity contribution in [3.63, 3.8) is 0 Å². The molecule has 1 aromatic heterocycles. The number of carbonyl (C=O) groups is 1. The highest BCUT2D eigenvalue weighted by Gasteiger charge is 2.05. The summed E-state index contributed by atoms with van der Waals surface area (Å²) in [5.41, 5.74) is 5.64. The Bertz CT molecular complexity index is 296. The zero-order valence-corrected chi connectivity index (χ0v) is 8.16. The van der Waals surface area contributed by atoms with Crippen molar-refractivity contribution in [1.82, 2.24) is 15.5 Å². The highest BCUT2D eigenvalue weighted by molar-refractivity contribution is 5.92. The van der Waals surface area contributed by atoms with Gasteiger partial charge in [-0.1, -0.05) is 13.3 Å². The number of hydrogen-bond acceptors (Lipinski definition) is 4. The summed E-state index contributed by atoms with van der Waals surface area (Å²) in [5.74, 6) is 0.112. The van der Waals surface area contributed by atoms with Gasteiger partial charge in [-0.05, 0) is 18.6 Å². The van der Waals surface area contributed by atoms with Crippen LogP contribution < -0.4 is 11.1 Å². The third-order valence-corrected chi connectivity index (χ3v) is 1.73. The molecule has 1 heterocycles. The van der Waals surface area contributed by atoms with Crippen molar-refractivity contribution in [2.45, 2.75) is 19.8 Å². The summed E-state index contributed by atoms with van der Waals surface area (Å²) < 4.78 is 0. The Hall–Kier alpha value is -1.65. The molecule has 0 aliphatic heterocycles. The molecule has 0 saturated carbocycles. The van der Waals surface area contributed by atoms with Crippen molar-refractivity contribution >= 4 is 11.7 Å². The number of anilines is 1. The van der Waals surface area contributed by atoms with E-state index in [0.717, 1.165) is 12.8 Å². The summed E-state index contributed by atoms with van der Waals surface area (Å²) in [4.78, 5) is 11.4. The Morgan fingerprint density at radius 1 is 1.50 bits per heavy atom. The molecule has 0 saturated heterocycles. The molecule has 0 bridgehead atoms. The van der Waals surface area contributed by atoms with E-state index in [4.69, 9.17) is 5.73 Å². The lowest BCUT2D eigenvalue weighted by molar-refractivity contribution is 0.0947. The number of hydrogen-bond donors (Lipinski definition) is 2. The van der Waals surface area contributed by atoms with E-state index in [9.17, 15) is 4.79 Å². The van der Waals surface area contributed by atoms with Crippen molar-refractivity contribution in [1.29, 1.82) is 0 Å². The van der Waals surface area contributed by atoms with E-state index in [1.165, 1.54) is 0 Å². The standard InChI is InChI=1S/C9H14N4O/c1-2-3-6-11-9(14)7-4-5-8(10)13-12-7/h4-5H,2-3,6H2,1H3,(H2,10,13)(H,11,14). The van der Waals surface area contributed by atoms with E-state index < -0.39 is 0 Å². The maximum absolute atomic E-state index is 11.4. The van der Waals surface area contributed by atoms with Gasteiger partial charge in [0.2, 0.25) is 0 Å². The van der Waals surface area contributed by atoms with Crippen LogP contribution in [0.4, 0.5) is 5.82 Å². The van der Waals surface area contributed by atoms with E-state index >= 15 is 0 Å². The third-order valence-electron chi connectivity index (χ3n) is 1.73. The molecule has 0 unspecified atom stereocenters. The van der Waals surface area contributed by atoms with Crippen molar-refractivity contribution in [2.24, 2.45) is 0 Å². The maximum atomic E-state index is 11.4. The van der Waals surface area contributed by atoms with Crippen LogP contribution >= 0.6 is 0 Å². The summed E-state index contributed by atoms with van der Waals surface area (Å²) in [6.45, 7) is 2.73. The first-order valence-electron chi connectivity index (χ1n) is 4.61. The maximum Gasteiger partial charge on any atom is 0.271 e. The smallest absolute Gasteiger partial charge is 0.271 e. The molecule has 5 heteroatoms. The normalized spacial score (nSPS) is 9.79. The molecular weight excluding hydrogens is 180 g/mol.